The number of nitrogens with one attached hydrogen (secondary N) is 1. The minimum Gasteiger partial charge on any atom is -0.478 e. The van der Waals surface area contributed by atoms with Gasteiger partial charge in [-0.1, -0.05) is 6.07 Å². The second kappa shape index (κ2) is 7.03. The third-order valence-corrected chi connectivity index (χ3v) is 4.44. The van der Waals surface area contributed by atoms with E-state index in [0.717, 1.165) is 17.3 Å². The van der Waals surface area contributed by atoms with Crippen molar-refractivity contribution >= 4 is 17.7 Å². The van der Waals surface area contributed by atoms with Crippen LogP contribution in [0.15, 0.2) is 34.1 Å². The van der Waals surface area contributed by atoms with Gasteiger partial charge >= 0.3 is 12.1 Å². The number of alkyl halides is 3. The number of nitriles is 1. The Kier molecular flexibility index (Phi) is 5.23. The van der Waals surface area contributed by atoms with Crippen LogP contribution in [0.25, 0.3) is 0 Å². The Bertz CT molecular complexity index is 930. The number of carboxylic acid groups (broad SMARTS) is 1. The molecule has 0 aliphatic rings. The Labute approximate surface area is 144 Å². The van der Waals surface area contributed by atoms with Gasteiger partial charge in [-0.3, -0.25) is 4.79 Å². The minimum absolute atomic E-state index is 0.0410. The normalized spacial score (nSPS) is 11.2. The van der Waals surface area contributed by atoms with E-state index < -0.39 is 28.8 Å². The van der Waals surface area contributed by atoms with Crippen LogP contribution in [0, 0.1) is 18.3 Å². The molecule has 25 heavy (non-hydrogen) atoms. The zero-order valence-corrected chi connectivity index (χ0v) is 13.6. The third-order valence-electron chi connectivity index (χ3n) is 3.39. The third kappa shape index (κ3) is 4.22. The topological polar surface area (TPSA) is 93.9 Å². The van der Waals surface area contributed by atoms with Crippen molar-refractivity contribution in [2.24, 2.45) is 0 Å². The maximum Gasteiger partial charge on any atom is 0.417 e. The molecule has 1 heterocycles. The van der Waals surface area contributed by atoms with Gasteiger partial charge in [0.15, 0.2) is 0 Å². The fraction of sp³-hybridized carbons (Fsp3) is 0.188. The van der Waals surface area contributed by atoms with Crippen molar-refractivity contribution in [3.05, 3.63) is 62.4 Å². The molecule has 0 fully saturated rings. The van der Waals surface area contributed by atoms with Gasteiger partial charge in [0, 0.05) is 11.8 Å². The van der Waals surface area contributed by atoms with Crippen LogP contribution in [-0.2, 0) is 11.9 Å². The molecular formula is C16H11F3N2O3S. The summed E-state index contributed by atoms with van der Waals surface area (Å²) in [5, 5.41) is 17.9. The summed E-state index contributed by atoms with van der Waals surface area (Å²) < 4.78 is 39.0. The number of nitrogens with zero attached hydrogens (tertiary/aromatic N) is 1. The first-order valence-electron chi connectivity index (χ1n) is 6.83. The average molecular weight is 368 g/mol. The summed E-state index contributed by atoms with van der Waals surface area (Å²) in [7, 11) is 0. The summed E-state index contributed by atoms with van der Waals surface area (Å²) in [5.74, 6) is -1.03. The van der Waals surface area contributed by atoms with Crippen molar-refractivity contribution in [3.63, 3.8) is 0 Å². The van der Waals surface area contributed by atoms with Gasteiger partial charge in [0.2, 0.25) is 5.56 Å². The van der Waals surface area contributed by atoms with E-state index in [1.54, 1.807) is 13.0 Å². The molecule has 0 aliphatic heterocycles. The SMILES string of the molecule is Cc1ccc(C(=O)O)cc1CSc1[nH]c(=O)cc(C(F)(F)F)c1C#N. The van der Waals surface area contributed by atoms with Gasteiger partial charge in [-0.2, -0.15) is 18.4 Å². The summed E-state index contributed by atoms with van der Waals surface area (Å²) in [6, 6.07) is 6.22. The molecule has 5 nitrogen and oxygen atoms in total. The van der Waals surface area contributed by atoms with Crippen LogP contribution >= 0.6 is 11.8 Å². The molecule has 0 bridgehead atoms. The van der Waals surface area contributed by atoms with Gasteiger partial charge in [0.05, 0.1) is 21.7 Å². The standard InChI is InChI=1S/C16H11F3N2O3S/c1-8-2-3-9(15(23)24)4-10(8)7-25-14-11(6-20)12(16(17,18)19)5-13(22)21-14/h2-5H,7H2,1H3,(H,21,22)(H,23,24). The zero-order chi connectivity index (χ0) is 18.8. The Morgan fingerprint density at radius 1 is 1.36 bits per heavy atom. The van der Waals surface area contributed by atoms with Crippen molar-refractivity contribution in [3.8, 4) is 6.07 Å². The smallest absolute Gasteiger partial charge is 0.417 e. The van der Waals surface area contributed by atoms with Crippen LogP contribution in [0.1, 0.15) is 32.6 Å². The zero-order valence-electron chi connectivity index (χ0n) is 12.8. The highest BCUT2D eigenvalue weighted by Gasteiger charge is 2.35. The lowest BCUT2D eigenvalue weighted by atomic mass is 10.1. The lowest BCUT2D eigenvalue weighted by Crippen LogP contribution is -2.17. The van der Waals surface area contributed by atoms with Gasteiger partial charge in [0.25, 0.3) is 0 Å². The molecule has 0 unspecified atom stereocenters. The first kappa shape index (κ1) is 18.6. The second-order valence-corrected chi connectivity index (χ2v) is 6.08. The number of hydrogen-bond acceptors (Lipinski definition) is 4. The summed E-state index contributed by atoms with van der Waals surface area (Å²) >= 11 is 0.833. The number of aromatic amines is 1. The lowest BCUT2D eigenvalue weighted by Gasteiger charge is -2.12. The van der Waals surface area contributed by atoms with Crippen LogP contribution in [0.4, 0.5) is 13.2 Å². The Balaban J connectivity index is 2.41. The van der Waals surface area contributed by atoms with E-state index in [2.05, 4.69) is 4.98 Å². The second-order valence-electron chi connectivity index (χ2n) is 5.10. The molecule has 0 aliphatic carbocycles. The van der Waals surface area contributed by atoms with Crippen LogP contribution in [0.3, 0.4) is 0 Å². The van der Waals surface area contributed by atoms with E-state index >= 15 is 0 Å². The first-order valence-corrected chi connectivity index (χ1v) is 7.82. The predicted octanol–water partition coefficient (Wildman–Crippen LogP) is 3.56. The number of rotatable bonds is 4. The van der Waals surface area contributed by atoms with Gasteiger partial charge in [-0.25, -0.2) is 4.79 Å². The quantitative estimate of drug-likeness (QED) is 0.805. The van der Waals surface area contributed by atoms with E-state index in [4.69, 9.17) is 10.4 Å². The number of aromatic carboxylic acids is 1. The Morgan fingerprint density at radius 2 is 2.04 bits per heavy atom. The largest absolute Gasteiger partial charge is 0.478 e. The number of carboxylic acids is 1. The molecule has 0 saturated carbocycles. The molecule has 2 rings (SSSR count). The number of thioether (sulfide) groups is 1. The molecule has 130 valence electrons. The average Bonchev–Trinajstić information content (AvgIpc) is 2.52. The molecule has 9 heteroatoms. The highest BCUT2D eigenvalue weighted by molar-refractivity contribution is 7.98. The van der Waals surface area contributed by atoms with Crippen LogP contribution < -0.4 is 5.56 Å². The summed E-state index contributed by atoms with van der Waals surface area (Å²) in [6.07, 6.45) is -4.83. The fourth-order valence-electron chi connectivity index (χ4n) is 2.09. The number of aromatic nitrogens is 1. The summed E-state index contributed by atoms with van der Waals surface area (Å²) in [4.78, 5) is 24.7. The lowest BCUT2D eigenvalue weighted by molar-refractivity contribution is -0.138. The van der Waals surface area contributed by atoms with E-state index in [1.165, 1.54) is 18.2 Å². The predicted molar refractivity (Wildman–Crippen MR) is 84.5 cm³/mol. The van der Waals surface area contributed by atoms with Gasteiger partial charge in [-0.05, 0) is 30.2 Å². The van der Waals surface area contributed by atoms with E-state index in [9.17, 15) is 22.8 Å². The molecular weight excluding hydrogens is 357 g/mol. The number of aryl methyl sites for hydroxylation is 1. The molecule has 0 spiro atoms. The van der Waals surface area contributed by atoms with Crippen molar-refractivity contribution in [1.82, 2.24) is 4.98 Å². The van der Waals surface area contributed by atoms with Gasteiger partial charge in [-0.15, -0.1) is 11.8 Å². The summed E-state index contributed by atoms with van der Waals surface area (Å²) in [5.41, 5.74) is -1.57. The van der Waals surface area contributed by atoms with E-state index in [1.807, 2.05) is 0 Å². The van der Waals surface area contributed by atoms with Crippen molar-refractivity contribution in [2.45, 2.75) is 23.9 Å². The van der Waals surface area contributed by atoms with Crippen LogP contribution in [-0.4, -0.2) is 16.1 Å². The molecule has 2 aromatic rings. The fourth-order valence-corrected chi connectivity index (χ4v) is 3.17. The molecule has 0 atom stereocenters. The molecule has 1 aromatic carbocycles. The first-order chi connectivity index (χ1) is 11.6. The van der Waals surface area contributed by atoms with E-state index in [0.29, 0.717) is 11.6 Å². The van der Waals surface area contributed by atoms with Gasteiger partial charge < -0.3 is 10.1 Å². The molecule has 2 N–H and O–H groups in total. The number of H-pyrrole nitrogens is 1. The highest BCUT2D eigenvalue weighted by Crippen LogP contribution is 2.35. The summed E-state index contributed by atoms with van der Waals surface area (Å²) in [6.45, 7) is 1.72. The Morgan fingerprint density at radius 3 is 2.60 bits per heavy atom. The monoisotopic (exact) mass is 368 g/mol. The van der Waals surface area contributed by atoms with Crippen LogP contribution in [0.5, 0.6) is 0 Å². The maximum absolute atomic E-state index is 13.0. The number of benzene rings is 1. The van der Waals surface area contributed by atoms with Crippen molar-refractivity contribution in [2.75, 3.05) is 0 Å². The van der Waals surface area contributed by atoms with Crippen LogP contribution in [0.2, 0.25) is 0 Å². The Hall–Kier alpha value is -2.73. The molecule has 0 saturated heterocycles. The number of hydrogen-bond donors (Lipinski definition) is 2. The molecule has 0 radical (unpaired) electrons. The maximum atomic E-state index is 13.0. The highest BCUT2D eigenvalue weighted by atomic mass is 32.2. The molecule has 0 amide bonds. The van der Waals surface area contributed by atoms with Crippen molar-refractivity contribution < 1.29 is 23.1 Å². The van der Waals surface area contributed by atoms with E-state index in [-0.39, 0.29) is 16.3 Å². The molecule has 1 aromatic heterocycles. The number of halogens is 3. The van der Waals surface area contributed by atoms with Crippen molar-refractivity contribution in [1.29, 1.82) is 5.26 Å². The number of carbonyl (C=O) groups is 1. The van der Waals surface area contributed by atoms with Gasteiger partial charge in [0.1, 0.15) is 6.07 Å². The number of pyridine rings is 1. The minimum atomic E-state index is -4.83.